The normalized spacial score (nSPS) is 12.6. The van der Waals surface area contributed by atoms with Crippen LogP contribution >= 0.6 is 0 Å². The van der Waals surface area contributed by atoms with Gasteiger partial charge in [0.25, 0.3) is 0 Å². The zero-order valence-corrected chi connectivity index (χ0v) is 32.0. The fourth-order valence-corrected chi connectivity index (χ4v) is 9.62. The molecule has 1 aliphatic carbocycles. The fraction of sp³-hybridized carbons (Fsp3) is 0.0175. The van der Waals surface area contributed by atoms with Gasteiger partial charge in [0.05, 0.1) is 11.1 Å². The van der Waals surface area contributed by atoms with Gasteiger partial charge in [-0.25, -0.2) is 0 Å². The van der Waals surface area contributed by atoms with Gasteiger partial charge in [-0.3, -0.25) is 0 Å². The van der Waals surface area contributed by atoms with Gasteiger partial charge in [0, 0.05) is 16.9 Å². The molecule has 0 saturated heterocycles. The van der Waals surface area contributed by atoms with E-state index in [1.54, 1.807) is 0 Å². The van der Waals surface area contributed by atoms with Crippen LogP contribution in [0.3, 0.4) is 0 Å². The summed E-state index contributed by atoms with van der Waals surface area (Å²) in [5.74, 6) is 0. The molecule has 0 atom stereocenters. The average molecular weight is 738 g/mol. The smallest absolute Gasteiger partial charge is 0.0714 e. The van der Waals surface area contributed by atoms with Crippen LogP contribution in [0.2, 0.25) is 0 Å². The Kier molecular flexibility index (Phi) is 8.12. The van der Waals surface area contributed by atoms with E-state index in [2.05, 4.69) is 241 Å². The Morgan fingerprint density at radius 1 is 0.293 bits per heavy atom. The van der Waals surface area contributed by atoms with E-state index in [0.29, 0.717) is 0 Å². The van der Waals surface area contributed by atoms with Crippen molar-refractivity contribution in [2.24, 2.45) is 0 Å². The Balaban J connectivity index is 1.14. The zero-order valence-electron chi connectivity index (χ0n) is 32.0. The molecule has 10 aromatic carbocycles. The first-order valence-electron chi connectivity index (χ1n) is 20.1. The number of fused-ring (bicyclic) bond motifs is 5. The lowest BCUT2D eigenvalue weighted by atomic mass is 9.68. The number of nitrogens with zero attached hydrogens (tertiary/aromatic N) is 1. The predicted octanol–water partition coefficient (Wildman–Crippen LogP) is 15.2. The van der Waals surface area contributed by atoms with Gasteiger partial charge in [-0.1, -0.05) is 206 Å². The summed E-state index contributed by atoms with van der Waals surface area (Å²) >= 11 is 0. The highest BCUT2D eigenvalue weighted by atomic mass is 15.1. The van der Waals surface area contributed by atoms with E-state index in [9.17, 15) is 0 Å². The highest BCUT2D eigenvalue weighted by Gasteiger charge is 2.47. The van der Waals surface area contributed by atoms with Crippen molar-refractivity contribution in [2.75, 3.05) is 4.90 Å². The molecule has 0 aliphatic heterocycles. The van der Waals surface area contributed by atoms with Crippen LogP contribution in [0.4, 0.5) is 17.1 Å². The molecule has 1 aliphatic rings. The Morgan fingerprint density at radius 3 is 1.26 bits per heavy atom. The molecular weight excluding hydrogens is 699 g/mol. The van der Waals surface area contributed by atoms with Crippen LogP contribution in [-0.2, 0) is 5.41 Å². The monoisotopic (exact) mass is 737 g/mol. The third kappa shape index (κ3) is 5.32. The maximum atomic E-state index is 2.46. The second kappa shape index (κ2) is 13.9. The number of anilines is 3. The summed E-state index contributed by atoms with van der Waals surface area (Å²) in [6, 6.07) is 86.8. The van der Waals surface area contributed by atoms with Crippen LogP contribution in [0.15, 0.2) is 237 Å². The molecule has 58 heavy (non-hydrogen) atoms. The molecule has 0 amide bonds. The molecule has 1 heteroatoms. The van der Waals surface area contributed by atoms with Gasteiger partial charge < -0.3 is 4.90 Å². The van der Waals surface area contributed by atoms with Gasteiger partial charge in [-0.05, 0) is 102 Å². The van der Waals surface area contributed by atoms with E-state index >= 15 is 0 Å². The molecule has 10 aromatic rings. The SMILES string of the molecule is c1ccc(C2(c3ccccc3)c3ccccc3-c3c(N(c4ccc(-c5cccc6ccccc56)cc4)c4ccc(-c5cccc6ccccc56)cc4)cccc32)cc1. The molecule has 0 fully saturated rings. The first-order chi connectivity index (χ1) is 28.8. The lowest BCUT2D eigenvalue weighted by Crippen LogP contribution is -2.28. The van der Waals surface area contributed by atoms with Gasteiger partial charge in [-0.15, -0.1) is 0 Å². The number of rotatable bonds is 7. The van der Waals surface area contributed by atoms with Crippen molar-refractivity contribution in [2.45, 2.75) is 5.41 Å². The van der Waals surface area contributed by atoms with Crippen molar-refractivity contribution in [3.8, 4) is 33.4 Å². The van der Waals surface area contributed by atoms with E-state index in [-0.39, 0.29) is 0 Å². The van der Waals surface area contributed by atoms with Crippen molar-refractivity contribution in [1.82, 2.24) is 0 Å². The third-order valence-electron chi connectivity index (χ3n) is 12.2. The minimum absolute atomic E-state index is 0.493. The van der Waals surface area contributed by atoms with E-state index in [1.807, 2.05) is 0 Å². The number of hydrogen-bond donors (Lipinski definition) is 0. The van der Waals surface area contributed by atoms with Crippen molar-refractivity contribution < 1.29 is 0 Å². The molecule has 1 nitrogen and oxygen atoms in total. The Bertz CT molecular complexity index is 2920. The fourth-order valence-electron chi connectivity index (χ4n) is 9.62. The maximum absolute atomic E-state index is 2.46. The van der Waals surface area contributed by atoms with Crippen molar-refractivity contribution in [1.29, 1.82) is 0 Å². The molecular formula is C57H39N. The molecule has 11 rings (SSSR count). The van der Waals surface area contributed by atoms with Crippen LogP contribution in [-0.4, -0.2) is 0 Å². The van der Waals surface area contributed by atoms with Crippen molar-refractivity contribution in [3.05, 3.63) is 259 Å². The predicted molar refractivity (Wildman–Crippen MR) is 244 cm³/mol. The number of hydrogen-bond acceptors (Lipinski definition) is 1. The minimum atomic E-state index is -0.493. The summed E-state index contributed by atoms with van der Waals surface area (Å²) in [4.78, 5) is 2.46. The Labute approximate surface area is 339 Å². The molecule has 0 unspecified atom stereocenters. The quantitative estimate of drug-likeness (QED) is 0.157. The second-order valence-corrected chi connectivity index (χ2v) is 15.2. The van der Waals surface area contributed by atoms with Crippen LogP contribution in [0.1, 0.15) is 22.3 Å². The largest absolute Gasteiger partial charge is 0.310 e. The van der Waals surface area contributed by atoms with Gasteiger partial charge >= 0.3 is 0 Å². The summed E-state index contributed by atoms with van der Waals surface area (Å²) in [5, 5.41) is 5.01. The molecule has 0 radical (unpaired) electrons. The minimum Gasteiger partial charge on any atom is -0.310 e. The lowest BCUT2D eigenvalue weighted by Gasteiger charge is -2.34. The standard InChI is InChI=1S/C57H39N/c1-3-20-44(21-4-1)57(45-22-5-2-6-23-45)53-29-12-11-26-52(53)56-54(57)30-15-31-55(56)58(46-36-32-42(33-37-46)50-27-13-18-40-16-7-9-24-48(40)50)47-38-34-43(35-39-47)51-28-14-19-41-17-8-10-25-49(41)51/h1-39H. The van der Waals surface area contributed by atoms with Crippen LogP contribution in [0, 0.1) is 0 Å². The Hall–Kier alpha value is -7.48. The Morgan fingerprint density at radius 2 is 0.707 bits per heavy atom. The highest BCUT2D eigenvalue weighted by Crippen LogP contribution is 2.59. The summed E-state index contributed by atoms with van der Waals surface area (Å²) < 4.78 is 0. The molecule has 0 bridgehead atoms. The van der Waals surface area contributed by atoms with E-state index in [4.69, 9.17) is 0 Å². The average Bonchev–Trinajstić information content (AvgIpc) is 3.61. The van der Waals surface area contributed by atoms with Gasteiger partial charge in [0.1, 0.15) is 0 Å². The summed E-state index contributed by atoms with van der Waals surface area (Å²) in [7, 11) is 0. The lowest BCUT2D eigenvalue weighted by molar-refractivity contribution is 0.768. The summed E-state index contributed by atoms with van der Waals surface area (Å²) in [6.45, 7) is 0. The summed E-state index contributed by atoms with van der Waals surface area (Å²) in [6.07, 6.45) is 0. The van der Waals surface area contributed by atoms with Gasteiger partial charge in [0.15, 0.2) is 0 Å². The number of benzene rings is 10. The third-order valence-corrected chi connectivity index (χ3v) is 12.2. The molecule has 0 spiro atoms. The molecule has 0 heterocycles. The topological polar surface area (TPSA) is 3.24 Å². The first-order valence-corrected chi connectivity index (χ1v) is 20.1. The molecule has 0 aromatic heterocycles. The molecule has 272 valence electrons. The van der Waals surface area contributed by atoms with Gasteiger partial charge in [-0.2, -0.15) is 0 Å². The van der Waals surface area contributed by atoms with E-state index in [1.165, 1.54) is 77.2 Å². The van der Waals surface area contributed by atoms with Crippen LogP contribution in [0.5, 0.6) is 0 Å². The summed E-state index contributed by atoms with van der Waals surface area (Å²) in [5.41, 5.74) is 15.3. The molecule has 0 saturated carbocycles. The maximum Gasteiger partial charge on any atom is 0.0714 e. The van der Waals surface area contributed by atoms with Crippen LogP contribution in [0.25, 0.3) is 54.9 Å². The second-order valence-electron chi connectivity index (χ2n) is 15.2. The van der Waals surface area contributed by atoms with E-state index < -0.39 is 5.41 Å². The zero-order chi connectivity index (χ0) is 38.5. The highest BCUT2D eigenvalue weighted by molar-refractivity contribution is 6.00. The van der Waals surface area contributed by atoms with Crippen molar-refractivity contribution >= 4 is 38.6 Å². The molecule has 0 N–H and O–H groups in total. The van der Waals surface area contributed by atoms with E-state index in [0.717, 1.165) is 17.1 Å². The first kappa shape index (κ1) is 33.8. The van der Waals surface area contributed by atoms with Crippen LogP contribution < -0.4 is 4.90 Å². The van der Waals surface area contributed by atoms with Crippen molar-refractivity contribution in [3.63, 3.8) is 0 Å². The van der Waals surface area contributed by atoms with Gasteiger partial charge in [0.2, 0.25) is 0 Å².